The Labute approximate surface area is 118 Å². The zero-order chi connectivity index (χ0) is 13.8. The second kappa shape index (κ2) is 6.38. The molecule has 0 aliphatic carbocycles. The van der Waals surface area contributed by atoms with E-state index in [0.717, 1.165) is 4.88 Å². The molecule has 1 aromatic heterocycles. The van der Waals surface area contributed by atoms with E-state index in [0.29, 0.717) is 18.0 Å². The molecule has 0 atom stereocenters. The predicted molar refractivity (Wildman–Crippen MR) is 79.9 cm³/mol. The molecule has 0 saturated heterocycles. The van der Waals surface area contributed by atoms with Crippen LogP contribution in [0.5, 0.6) is 0 Å². The van der Waals surface area contributed by atoms with E-state index in [1.54, 1.807) is 23.2 Å². The SMILES string of the molecule is CNCc1cc(S(=O)(=O)NCC(C)(C)SC)cs1. The molecule has 0 radical (unpaired) electrons. The van der Waals surface area contributed by atoms with Gasteiger partial charge in [-0.1, -0.05) is 0 Å². The van der Waals surface area contributed by atoms with Crippen molar-refractivity contribution >= 4 is 33.1 Å². The van der Waals surface area contributed by atoms with E-state index in [-0.39, 0.29) is 4.75 Å². The van der Waals surface area contributed by atoms with E-state index in [2.05, 4.69) is 10.0 Å². The second-order valence-electron chi connectivity index (χ2n) is 4.57. The average Bonchev–Trinajstić information content (AvgIpc) is 2.77. The van der Waals surface area contributed by atoms with Crippen LogP contribution in [0.1, 0.15) is 18.7 Å². The quantitative estimate of drug-likeness (QED) is 0.807. The maximum Gasteiger partial charge on any atom is 0.241 e. The van der Waals surface area contributed by atoms with Gasteiger partial charge in [-0.25, -0.2) is 13.1 Å². The summed E-state index contributed by atoms with van der Waals surface area (Å²) in [5.74, 6) is 0. The minimum atomic E-state index is -3.38. The molecule has 0 fully saturated rings. The highest BCUT2D eigenvalue weighted by Crippen LogP contribution is 2.22. The monoisotopic (exact) mass is 308 g/mol. The van der Waals surface area contributed by atoms with E-state index in [9.17, 15) is 8.42 Å². The summed E-state index contributed by atoms with van der Waals surface area (Å²) in [4.78, 5) is 1.37. The summed E-state index contributed by atoms with van der Waals surface area (Å²) in [6.45, 7) is 5.14. The molecule has 4 nitrogen and oxygen atoms in total. The predicted octanol–water partition coefficient (Wildman–Crippen LogP) is 1.89. The third-order valence-electron chi connectivity index (χ3n) is 2.53. The molecule has 0 bridgehead atoms. The lowest BCUT2D eigenvalue weighted by Crippen LogP contribution is -2.35. The van der Waals surface area contributed by atoms with Crippen LogP contribution < -0.4 is 10.0 Å². The van der Waals surface area contributed by atoms with Gasteiger partial charge in [0.15, 0.2) is 0 Å². The Morgan fingerprint density at radius 1 is 1.44 bits per heavy atom. The smallest absolute Gasteiger partial charge is 0.241 e. The van der Waals surface area contributed by atoms with Crippen LogP contribution >= 0.6 is 23.1 Å². The van der Waals surface area contributed by atoms with E-state index < -0.39 is 10.0 Å². The molecule has 104 valence electrons. The van der Waals surface area contributed by atoms with Crippen molar-refractivity contribution in [1.82, 2.24) is 10.0 Å². The van der Waals surface area contributed by atoms with Crippen LogP contribution in [0.4, 0.5) is 0 Å². The third-order valence-corrected chi connectivity index (χ3v) is 6.25. The molecule has 0 aromatic carbocycles. The Morgan fingerprint density at radius 3 is 2.67 bits per heavy atom. The molecule has 2 N–H and O–H groups in total. The van der Waals surface area contributed by atoms with Crippen molar-refractivity contribution in [3.8, 4) is 0 Å². The lowest BCUT2D eigenvalue weighted by Gasteiger charge is -2.21. The average molecular weight is 308 g/mol. The Hall–Kier alpha value is -0.0800. The van der Waals surface area contributed by atoms with Crippen LogP contribution in [0, 0.1) is 0 Å². The summed E-state index contributed by atoms with van der Waals surface area (Å²) in [5, 5.41) is 4.69. The first-order chi connectivity index (χ1) is 8.30. The largest absolute Gasteiger partial charge is 0.315 e. The van der Waals surface area contributed by atoms with Crippen molar-refractivity contribution < 1.29 is 8.42 Å². The van der Waals surface area contributed by atoms with E-state index in [1.165, 1.54) is 11.3 Å². The first kappa shape index (κ1) is 16.0. The number of rotatable bonds is 7. The number of sulfonamides is 1. The number of thioether (sulfide) groups is 1. The van der Waals surface area contributed by atoms with Crippen LogP contribution in [0.3, 0.4) is 0 Å². The highest BCUT2D eigenvalue weighted by Gasteiger charge is 2.22. The van der Waals surface area contributed by atoms with E-state index in [4.69, 9.17) is 0 Å². The van der Waals surface area contributed by atoms with Crippen molar-refractivity contribution in [3.05, 3.63) is 16.3 Å². The Kier molecular flexibility index (Phi) is 5.67. The van der Waals surface area contributed by atoms with Gasteiger partial charge in [-0.3, -0.25) is 0 Å². The summed E-state index contributed by atoms with van der Waals surface area (Å²) in [6.07, 6.45) is 1.98. The third kappa shape index (κ3) is 4.55. The van der Waals surface area contributed by atoms with Crippen molar-refractivity contribution in [2.24, 2.45) is 0 Å². The zero-order valence-corrected chi connectivity index (χ0v) is 13.6. The maximum atomic E-state index is 12.1. The van der Waals surface area contributed by atoms with Gasteiger partial charge in [0.05, 0.1) is 4.90 Å². The van der Waals surface area contributed by atoms with E-state index >= 15 is 0 Å². The Bertz CT molecular complexity index is 480. The summed E-state index contributed by atoms with van der Waals surface area (Å²) >= 11 is 3.10. The first-order valence-corrected chi connectivity index (χ1v) is 9.16. The van der Waals surface area contributed by atoms with Gasteiger partial charge in [-0.15, -0.1) is 11.3 Å². The fourth-order valence-corrected chi connectivity index (χ4v) is 4.00. The van der Waals surface area contributed by atoms with Gasteiger partial charge < -0.3 is 5.32 Å². The molecule has 1 heterocycles. The number of hydrogen-bond donors (Lipinski definition) is 2. The molecule has 0 saturated carbocycles. The first-order valence-electron chi connectivity index (χ1n) is 5.57. The van der Waals surface area contributed by atoms with Gasteiger partial charge in [0.2, 0.25) is 10.0 Å². The van der Waals surface area contributed by atoms with Gasteiger partial charge in [0.25, 0.3) is 0 Å². The standard InChI is InChI=1S/C11H20N2O2S3/c1-11(2,16-4)8-13-18(14,15)10-5-9(6-12-3)17-7-10/h5,7,12-13H,6,8H2,1-4H3. The minimum absolute atomic E-state index is 0.100. The molecule has 1 aromatic rings. The molecule has 1 rings (SSSR count). The van der Waals surface area contributed by atoms with Gasteiger partial charge in [0.1, 0.15) is 0 Å². The second-order valence-corrected chi connectivity index (χ2v) is 8.84. The maximum absolute atomic E-state index is 12.1. The molecular formula is C11H20N2O2S3. The van der Waals surface area contributed by atoms with Crippen LogP contribution in [0.15, 0.2) is 16.3 Å². The molecule has 0 unspecified atom stereocenters. The topological polar surface area (TPSA) is 58.2 Å². The van der Waals surface area contributed by atoms with E-state index in [1.807, 2.05) is 27.2 Å². The van der Waals surface area contributed by atoms with Crippen LogP contribution in [-0.2, 0) is 16.6 Å². The highest BCUT2D eigenvalue weighted by atomic mass is 32.2. The molecule has 7 heteroatoms. The zero-order valence-electron chi connectivity index (χ0n) is 11.1. The summed E-state index contributed by atoms with van der Waals surface area (Å²) in [5.41, 5.74) is 0. The molecule has 18 heavy (non-hydrogen) atoms. The van der Waals surface area contributed by atoms with Crippen LogP contribution in [-0.4, -0.2) is 33.0 Å². The Morgan fingerprint density at radius 2 is 2.11 bits per heavy atom. The molecule has 0 aliphatic heterocycles. The fourth-order valence-electron chi connectivity index (χ4n) is 1.19. The van der Waals surface area contributed by atoms with Gasteiger partial charge in [-0.2, -0.15) is 11.8 Å². The van der Waals surface area contributed by atoms with Crippen LogP contribution in [0.2, 0.25) is 0 Å². The summed E-state index contributed by atoms with van der Waals surface area (Å²) in [6, 6.07) is 1.72. The highest BCUT2D eigenvalue weighted by molar-refractivity contribution is 8.00. The molecule has 0 amide bonds. The van der Waals surface area contributed by atoms with Gasteiger partial charge in [0, 0.05) is 28.1 Å². The Balaban J connectivity index is 2.74. The minimum Gasteiger partial charge on any atom is -0.315 e. The van der Waals surface area contributed by atoms with Crippen molar-refractivity contribution in [3.63, 3.8) is 0 Å². The fraction of sp³-hybridized carbons (Fsp3) is 0.636. The summed E-state index contributed by atoms with van der Waals surface area (Å²) < 4.78 is 26.7. The lowest BCUT2D eigenvalue weighted by atomic mass is 10.2. The van der Waals surface area contributed by atoms with Gasteiger partial charge >= 0.3 is 0 Å². The molecule has 0 spiro atoms. The lowest BCUT2D eigenvalue weighted by molar-refractivity contribution is 0.571. The summed E-state index contributed by atoms with van der Waals surface area (Å²) in [7, 11) is -1.54. The number of nitrogens with one attached hydrogen (secondary N) is 2. The van der Waals surface area contributed by atoms with Crippen molar-refractivity contribution in [1.29, 1.82) is 0 Å². The van der Waals surface area contributed by atoms with Crippen molar-refractivity contribution in [2.45, 2.75) is 30.0 Å². The van der Waals surface area contributed by atoms with Gasteiger partial charge in [-0.05, 0) is 33.2 Å². The van der Waals surface area contributed by atoms with Crippen molar-refractivity contribution in [2.75, 3.05) is 19.8 Å². The van der Waals surface area contributed by atoms with Crippen LogP contribution in [0.25, 0.3) is 0 Å². The number of hydrogen-bond acceptors (Lipinski definition) is 5. The number of thiophene rings is 1. The molecule has 0 aliphatic rings. The molecular weight excluding hydrogens is 288 g/mol. The normalized spacial score (nSPS) is 12.9.